The smallest absolute Gasteiger partial charge is 0.124 e. The van der Waals surface area contributed by atoms with E-state index in [1.165, 1.54) is 5.56 Å². The average molecular weight is 289 g/mol. The Labute approximate surface area is 123 Å². The van der Waals surface area contributed by atoms with Crippen LogP contribution in [0.4, 0.5) is 11.4 Å². The van der Waals surface area contributed by atoms with Crippen LogP contribution >= 0.6 is 11.6 Å². The van der Waals surface area contributed by atoms with Gasteiger partial charge in [0.05, 0.1) is 23.4 Å². The maximum absolute atomic E-state index is 6.11. The lowest BCUT2D eigenvalue weighted by atomic mass is 9.99. The summed E-state index contributed by atoms with van der Waals surface area (Å²) in [7, 11) is 0. The summed E-state index contributed by atoms with van der Waals surface area (Å²) < 4.78 is 5.68. The number of ether oxygens (including phenoxy) is 1. The van der Waals surface area contributed by atoms with Gasteiger partial charge >= 0.3 is 0 Å². The third kappa shape index (κ3) is 2.41. The predicted octanol–water partition coefficient (Wildman–Crippen LogP) is 4.17. The van der Waals surface area contributed by atoms with Crippen LogP contribution in [0.2, 0.25) is 5.02 Å². The zero-order valence-electron chi connectivity index (χ0n) is 11.3. The molecule has 20 heavy (non-hydrogen) atoms. The number of fused-ring (bicyclic) bond motifs is 1. The molecule has 1 unspecified atom stereocenters. The van der Waals surface area contributed by atoms with Gasteiger partial charge in [-0.15, -0.1) is 0 Å². The third-order valence-corrected chi connectivity index (χ3v) is 3.96. The van der Waals surface area contributed by atoms with Gasteiger partial charge in [-0.1, -0.05) is 29.8 Å². The molecule has 4 heteroatoms. The number of rotatable bonds is 2. The zero-order valence-corrected chi connectivity index (χ0v) is 12.1. The van der Waals surface area contributed by atoms with Gasteiger partial charge in [0, 0.05) is 17.7 Å². The van der Waals surface area contributed by atoms with E-state index in [0.717, 1.165) is 30.0 Å². The van der Waals surface area contributed by atoms with Crippen LogP contribution in [0, 0.1) is 6.92 Å². The van der Waals surface area contributed by atoms with E-state index in [9.17, 15) is 0 Å². The third-order valence-electron chi connectivity index (χ3n) is 3.63. The molecule has 0 aromatic heterocycles. The number of halogens is 1. The van der Waals surface area contributed by atoms with Crippen molar-refractivity contribution in [3.05, 3.63) is 52.5 Å². The average Bonchev–Trinajstić information content (AvgIpc) is 2.45. The summed E-state index contributed by atoms with van der Waals surface area (Å²) in [6.45, 7) is 2.75. The maximum Gasteiger partial charge on any atom is 0.124 e. The molecule has 1 aliphatic heterocycles. The molecule has 3 nitrogen and oxygen atoms in total. The van der Waals surface area contributed by atoms with Crippen molar-refractivity contribution in [2.75, 3.05) is 17.7 Å². The second-order valence-electron chi connectivity index (χ2n) is 5.06. The summed E-state index contributed by atoms with van der Waals surface area (Å²) in [6, 6.07) is 12.2. The Balaban J connectivity index is 1.91. The molecule has 0 radical (unpaired) electrons. The standard InChI is InChI=1S/C16H17ClN2O/c1-10-8-13(18)12(17)9-15(10)19-14-6-7-20-16-5-3-2-4-11(14)16/h2-5,8-9,14,19H,6-7,18H2,1H3. The number of hydrogen-bond acceptors (Lipinski definition) is 3. The van der Waals surface area contributed by atoms with E-state index in [0.29, 0.717) is 10.7 Å². The van der Waals surface area contributed by atoms with Gasteiger partial charge in [-0.05, 0) is 30.7 Å². The zero-order chi connectivity index (χ0) is 14.1. The molecule has 1 aliphatic rings. The molecule has 0 fully saturated rings. The lowest BCUT2D eigenvalue weighted by Crippen LogP contribution is -2.20. The first-order chi connectivity index (χ1) is 9.65. The summed E-state index contributed by atoms with van der Waals surface area (Å²) in [6.07, 6.45) is 0.929. The van der Waals surface area contributed by atoms with E-state index in [1.807, 2.05) is 37.3 Å². The van der Waals surface area contributed by atoms with Crippen LogP contribution in [0.3, 0.4) is 0 Å². The van der Waals surface area contributed by atoms with Crippen LogP contribution in [0.25, 0.3) is 0 Å². The van der Waals surface area contributed by atoms with E-state index in [2.05, 4.69) is 11.4 Å². The van der Waals surface area contributed by atoms with Gasteiger partial charge in [-0.3, -0.25) is 0 Å². The Morgan fingerprint density at radius 2 is 2.10 bits per heavy atom. The minimum absolute atomic E-state index is 0.235. The topological polar surface area (TPSA) is 47.3 Å². The van der Waals surface area contributed by atoms with E-state index >= 15 is 0 Å². The first-order valence-electron chi connectivity index (χ1n) is 6.69. The number of nitrogens with two attached hydrogens (primary N) is 1. The number of para-hydroxylation sites is 1. The lowest BCUT2D eigenvalue weighted by Gasteiger charge is -2.28. The lowest BCUT2D eigenvalue weighted by molar-refractivity contribution is 0.274. The molecule has 1 atom stereocenters. The van der Waals surface area contributed by atoms with Crippen molar-refractivity contribution in [1.82, 2.24) is 0 Å². The van der Waals surface area contributed by atoms with Gasteiger partial charge in [0.1, 0.15) is 5.75 Å². The molecule has 3 rings (SSSR count). The summed E-state index contributed by atoms with van der Waals surface area (Å²) in [5, 5.41) is 4.14. The Kier molecular flexibility index (Phi) is 3.45. The van der Waals surface area contributed by atoms with Gasteiger partial charge in [-0.2, -0.15) is 0 Å². The van der Waals surface area contributed by atoms with Crippen molar-refractivity contribution >= 4 is 23.0 Å². The molecule has 0 aliphatic carbocycles. The normalized spacial score (nSPS) is 17.2. The van der Waals surface area contributed by atoms with Gasteiger partial charge < -0.3 is 15.8 Å². The van der Waals surface area contributed by atoms with Crippen molar-refractivity contribution < 1.29 is 4.74 Å². The van der Waals surface area contributed by atoms with Gasteiger partial charge in [0.25, 0.3) is 0 Å². The molecule has 0 saturated heterocycles. The van der Waals surface area contributed by atoms with Crippen LogP contribution < -0.4 is 15.8 Å². The fourth-order valence-corrected chi connectivity index (χ4v) is 2.70. The highest BCUT2D eigenvalue weighted by atomic mass is 35.5. The first kappa shape index (κ1) is 13.1. The number of benzene rings is 2. The van der Waals surface area contributed by atoms with E-state index in [4.69, 9.17) is 22.1 Å². The maximum atomic E-state index is 6.11. The second kappa shape index (κ2) is 5.25. The Hall–Kier alpha value is -1.87. The number of aryl methyl sites for hydroxylation is 1. The molecule has 0 spiro atoms. The van der Waals surface area contributed by atoms with Crippen LogP contribution in [0.15, 0.2) is 36.4 Å². The first-order valence-corrected chi connectivity index (χ1v) is 7.07. The number of nitrogens with one attached hydrogen (secondary N) is 1. The number of anilines is 2. The fraction of sp³-hybridized carbons (Fsp3) is 0.250. The summed E-state index contributed by atoms with van der Waals surface area (Å²) in [4.78, 5) is 0. The summed E-state index contributed by atoms with van der Waals surface area (Å²) in [5.74, 6) is 0.954. The van der Waals surface area contributed by atoms with Crippen LogP contribution in [0.1, 0.15) is 23.6 Å². The van der Waals surface area contributed by atoms with Gasteiger partial charge in [-0.25, -0.2) is 0 Å². The molecule has 0 bridgehead atoms. The van der Waals surface area contributed by atoms with Crippen molar-refractivity contribution in [2.24, 2.45) is 0 Å². The molecular formula is C16H17ClN2O. The van der Waals surface area contributed by atoms with E-state index < -0.39 is 0 Å². The second-order valence-corrected chi connectivity index (χ2v) is 5.47. The molecule has 2 aromatic rings. The SMILES string of the molecule is Cc1cc(N)c(Cl)cc1NC1CCOc2ccccc21. The molecule has 0 amide bonds. The molecule has 0 saturated carbocycles. The van der Waals surface area contributed by atoms with Crippen molar-refractivity contribution in [2.45, 2.75) is 19.4 Å². The molecule has 104 valence electrons. The predicted molar refractivity (Wildman–Crippen MR) is 83.5 cm³/mol. The minimum Gasteiger partial charge on any atom is -0.493 e. The minimum atomic E-state index is 0.235. The van der Waals surface area contributed by atoms with E-state index in [-0.39, 0.29) is 6.04 Å². The van der Waals surface area contributed by atoms with Gasteiger partial charge in [0.15, 0.2) is 0 Å². The molecular weight excluding hydrogens is 272 g/mol. The molecule has 2 aromatic carbocycles. The Morgan fingerprint density at radius 3 is 2.95 bits per heavy atom. The van der Waals surface area contributed by atoms with Crippen molar-refractivity contribution in [3.8, 4) is 5.75 Å². The summed E-state index contributed by atoms with van der Waals surface area (Å²) >= 11 is 6.11. The summed E-state index contributed by atoms with van der Waals surface area (Å²) in [5.41, 5.74) is 9.73. The number of hydrogen-bond donors (Lipinski definition) is 2. The van der Waals surface area contributed by atoms with Crippen molar-refractivity contribution in [3.63, 3.8) is 0 Å². The van der Waals surface area contributed by atoms with Crippen LogP contribution in [-0.2, 0) is 0 Å². The van der Waals surface area contributed by atoms with Gasteiger partial charge in [0.2, 0.25) is 0 Å². The van der Waals surface area contributed by atoms with Crippen LogP contribution in [-0.4, -0.2) is 6.61 Å². The van der Waals surface area contributed by atoms with Crippen LogP contribution in [0.5, 0.6) is 5.75 Å². The Bertz CT molecular complexity index is 642. The quantitative estimate of drug-likeness (QED) is 0.816. The molecule has 1 heterocycles. The van der Waals surface area contributed by atoms with Crippen molar-refractivity contribution in [1.29, 1.82) is 0 Å². The fourth-order valence-electron chi connectivity index (χ4n) is 2.54. The largest absolute Gasteiger partial charge is 0.493 e. The highest BCUT2D eigenvalue weighted by Gasteiger charge is 2.21. The monoisotopic (exact) mass is 288 g/mol. The highest BCUT2D eigenvalue weighted by molar-refractivity contribution is 6.33. The molecule has 3 N–H and O–H groups in total. The van der Waals surface area contributed by atoms with E-state index in [1.54, 1.807) is 0 Å². The number of nitrogen functional groups attached to an aromatic ring is 1. The highest BCUT2D eigenvalue weighted by Crippen LogP contribution is 2.36. The Morgan fingerprint density at radius 1 is 1.30 bits per heavy atom.